The predicted molar refractivity (Wildman–Crippen MR) is 96.3 cm³/mol. The van der Waals surface area contributed by atoms with Crippen molar-refractivity contribution < 1.29 is 23.5 Å². The van der Waals surface area contributed by atoms with Gasteiger partial charge in [0.25, 0.3) is 5.91 Å². The quantitative estimate of drug-likeness (QED) is 0.632. The molecule has 1 amide bonds. The summed E-state index contributed by atoms with van der Waals surface area (Å²) in [7, 11) is 1.54. The zero-order valence-electron chi connectivity index (χ0n) is 14.9. The molecule has 3 rings (SSSR count). The molecule has 1 aliphatic heterocycles. The lowest BCUT2D eigenvalue weighted by Crippen LogP contribution is -2.37. The van der Waals surface area contributed by atoms with E-state index in [0.29, 0.717) is 17.5 Å². The van der Waals surface area contributed by atoms with Crippen LogP contribution in [0.4, 0.5) is 8.78 Å². The van der Waals surface area contributed by atoms with Gasteiger partial charge in [0.1, 0.15) is 22.3 Å². The van der Waals surface area contributed by atoms with Gasteiger partial charge in [-0.1, -0.05) is 11.8 Å². The lowest BCUT2D eigenvalue weighted by Gasteiger charge is -2.13. The van der Waals surface area contributed by atoms with Crippen molar-refractivity contribution in [3.8, 4) is 22.4 Å². The average Bonchev–Trinajstić information content (AvgIpc) is 3.10. The highest BCUT2D eigenvalue weighted by Crippen LogP contribution is 2.31. The van der Waals surface area contributed by atoms with E-state index in [1.54, 1.807) is 6.92 Å². The molecule has 1 saturated heterocycles. The van der Waals surface area contributed by atoms with Crippen LogP contribution in [0.15, 0.2) is 12.1 Å². The average molecular weight is 390 g/mol. The van der Waals surface area contributed by atoms with Crippen LogP contribution in [0, 0.1) is 30.4 Å². The number of aromatic nitrogens is 1. The summed E-state index contributed by atoms with van der Waals surface area (Å²) >= 11 is 1.12. The maximum Gasteiger partial charge on any atom is 0.267 e. The molecule has 1 atom stereocenters. The molecule has 1 aliphatic rings. The number of benzene rings is 1. The lowest BCUT2D eigenvalue weighted by atomic mass is 10.0. The van der Waals surface area contributed by atoms with Gasteiger partial charge in [-0.2, -0.15) is 0 Å². The molecule has 5 nitrogen and oxygen atoms in total. The van der Waals surface area contributed by atoms with Crippen LogP contribution in [-0.2, 0) is 4.79 Å². The van der Waals surface area contributed by atoms with Crippen LogP contribution in [0.1, 0.15) is 34.3 Å². The zero-order valence-corrected chi connectivity index (χ0v) is 15.7. The molecule has 1 aromatic carbocycles. The van der Waals surface area contributed by atoms with Crippen molar-refractivity contribution in [2.24, 2.45) is 0 Å². The molecule has 0 unspecified atom stereocenters. The number of ketones is 1. The van der Waals surface area contributed by atoms with Crippen molar-refractivity contribution >= 4 is 23.0 Å². The number of rotatable bonds is 2. The number of amides is 1. The fourth-order valence-corrected chi connectivity index (χ4v) is 3.77. The third kappa shape index (κ3) is 3.48. The summed E-state index contributed by atoms with van der Waals surface area (Å²) in [5, 5.41) is 10.5. The standard InChI is InChI=1S/C19H16F2N2O3S/c1-10(24)16-11(2)27-17(22-16)13-8-12(14(20)9-15(13)21)4-5-19(26)6-7-23(3)18(19)25/h8-9,26H,6-7H2,1-3H3/t19-/m0/s1. The maximum absolute atomic E-state index is 14.3. The molecule has 0 bridgehead atoms. The first-order valence-electron chi connectivity index (χ1n) is 8.11. The molecular formula is C19H16F2N2O3S. The third-order valence-electron chi connectivity index (χ3n) is 4.33. The number of aryl methyl sites for hydroxylation is 1. The second-order valence-corrected chi connectivity index (χ2v) is 7.58. The zero-order chi connectivity index (χ0) is 19.9. The summed E-state index contributed by atoms with van der Waals surface area (Å²) in [6.45, 7) is 3.39. The van der Waals surface area contributed by atoms with Gasteiger partial charge < -0.3 is 10.0 Å². The van der Waals surface area contributed by atoms with Crippen LogP contribution in [0.25, 0.3) is 10.6 Å². The first kappa shape index (κ1) is 19.1. The highest BCUT2D eigenvalue weighted by atomic mass is 32.1. The lowest BCUT2D eigenvalue weighted by molar-refractivity contribution is -0.137. The normalized spacial score (nSPS) is 19.2. The number of halogens is 2. The highest BCUT2D eigenvalue weighted by molar-refractivity contribution is 7.15. The number of Topliss-reactive ketones (excluding diaryl/α,β-unsaturated/α-hetero) is 1. The van der Waals surface area contributed by atoms with Gasteiger partial charge >= 0.3 is 0 Å². The fourth-order valence-electron chi connectivity index (χ4n) is 2.79. The summed E-state index contributed by atoms with van der Waals surface area (Å²) in [5.74, 6) is 2.31. The van der Waals surface area contributed by atoms with Crippen LogP contribution >= 0.6 is 11.3 Å². The summed E-state index contributed by atoms with van der Waals surface area (Å²) < 4.78 is 28.4. The maximum atomic E-state index is 14.3. The minimum atomic E-state index is -1.88. The van der Waals surface area contributed by atoms with Gasteiger partial charge in [0.2, 0.25) is 5.60 Å². The predicted octanol–water partition coefficient (Wildman–Crippen LogP) is 2.54. The summed E-state index contributed by atoms with van der Waals surface area (Å²) in [4.78, 5) is 29.6. The van der Waals surface area contributed by atoms with Crippen molar-refractivity contribution in [2.45, 2.75) is 25.9 Å². The number of aliphatic hydroxyl groups is 1. The van der Waals surface area contributed by atoms with Gasteiger partial charge in [0, 0.05) is 43.4 Å². The highest BCUT2D eigenvalue weighted by Gasteiger charge is 2.42. The van der Waals surface area contributed by atoms with E-state index < -0.39 is 23.1 Å². The van der Waals surface area contributed by atoms with Crippen LogP contribution < -0.4 is 0 Å². The molecule has 0 saturated carbocycles. The molecular weight excluding hydrogens is 374 g/mol. The van der Waals surface area contributed by atoms with Gasteiger partial charge in [0.15, 0.2) is 5.78 Å². The second kappa shape index (κ2) is 6.83. The Bertz CT molecular complexity index is 1020. The van der Waals surface area contributed by atoms with Gasteiger partial charge in [-0.25, -0.2) is 13.8 Å². The Labute approximate surface area is 158 Å². The number of carbonyl (C=O) groups excluding carboxylic acids is 2. The molecule has 27 heavy (non-hydrogen) atoms. The summed E-state index contributed by atoms with van der Waals surface area (Å²) in [6.07, 6.45) is 0.110. The van der Waals surface area contributed by atoms with Crippen molar-refractivity contribution in [3.63, 3.8) is 0 Å². The van der Waals surface area contributed by atoms with E-state index in [2.05, 4.69) is 16.8 Å². The minimum Gasteiger partial charge on any atom is -0.369 e. The number of hydrogen-bond acceptors (Lipinski definition) is 5. The Kier molecular flexibility index (Phi) is 4.84. The number of hydrogen-bond donors (Lipinski definition) is 1. The van der Waals surface area contributed by atoms with Crippen LogP contribution in [0.5, 0.6) is 0 Å². The molecule has 1 fully saturated rings. The Morgan fingerprint density at radius 2 is 2.07 bits per heavy atom. The van der Waals surface area contributed by atoms with Crippen molar-refractivity contribution in [1.82, 2.24) is 9.88 Å². The molecule has 0 spiro atoms. The molecule has 2 aromatic rings. The molecule has 0 aliphatic carbocycles. The third-order valence-corrected chi connectivity index (χ3v) is 5.33. The van der Waals surface area contributed by atoms with Gasteiger partial charge in [-0.05, 0) is 13.0 Å². The Morgan fingerprint density at radius 3 is 2.63 bits per heavy atom. The molecule has 0 radical (unpaired) electrons. The van der Waals surface area contributed by atoms with Crippen LogP contribution in [0.3, 0.4) is 0 Å². The number of thiazole rings is 1. The molecule has 140 valence electrons. The Hall–Kier alpha value is -2.63. The van der Waals surface area contributed by atoms with Crippen molar-refractivity contribution in [3.05, 3.63) is 39.9 Å². The van der Waals surface area contributed by atoms with Crippen molar-refractivity contribution in [2.75, 3.05) is 13.6 Å². The van der Waals surface area contributed by atoms with E-state index in [9.17, 15) is 23.5 Å². The first-order chi connectivity index (χ1) is 12.6. The molecule has 1 aromatic heterocycles. The molecule has 8 heteroatoms. The smallest absolute Gasteiger partial charge is 0.267 e. The number of carbonyl (C=O) groups is 2. The first-order valence-corrected chi connectivity index (χ1v) is 8.93. The van der Waals surface area contributed by atoms with Crippen molar-refractivity contribution in [1.29, 1.82) is 0 Å². The minimum absolute atomic E-state index is 0.00292. The van der Waals surface area contributed by atoms with E-state index in [0.717, 1.165) is 11.3 Å². The van der Waals surface area contributed by atoms with Gasteiger partial charge in [-0.15, -0.1) is 11.3 Å². The van der Waals surface area contributed by atoms with E-state index in [1.165, 1.54) is 24.9 Å². The second-order valence-electron chi connectivity index (χ2n) is 6.38. The fraction of sp³-hybridized carbons (Fsp3) is 0.316. The molecule has 1 N–H and O–H groups in total. The monoisotopic (exact) mass is 390 g/mol. The SMILES string of the molecule is CC(=O)c1nc(-c2cc(C#C[C@]3(O)CCN(C)C3=O)c(F)cc2F)sc1C. The van der Waals surface area contributed by atoms with E-state index in [1.807, 2.05) is 0 Å². The number of likely N-dealkylation sites (N-methyl/N-ethyl adjacent to an activating group) is 1. The Morgan fingerprint density at radius 1 is 1.37 bits per heavy atom. The number of likely N-dealkylation sites (tertiary alicyclic amines) is 1. The van der Waals surface area contributed by atoms with E-state index in [4.69, 9.17) is 0 Å². The van der Waals surface area contributed by atoms with E-state index in [-0.39, 0.29) is 34.0 Å². The topological polar surface area (TPSA) is 70.5 Å². The van der Waals surface area contributed by atoms with Crippen LogP contribution in [-0.4, -0.2) is 45.9 Å². The number of nitrogens with zero attached hydrogens (tertiary/aromatic N) is 2. The van der Waals surface area contributed by atoms with Gasteiger partial charge in [0.05, 0.1) is 5.56 Å². The van der Waals surface area contributed by atoms with E-state index >= 15 is 0 Å². The Balaban J connectivity index is 2.04. The van der Waals surface area contributed by atoms with Crippen LogP contribution in [0.2, 0.25) is 0 Å². The van der Waals surface area contributed by atoms with Gasteiger partial charge in [-0.3, -0.25) is 9.59 Å². The summed E-state index contributed by atoms with van der Waals surface area (Å²) in [5.41, 5.74) is -1.81. The summed E-state index contributed by atoms with van der Waals surface area (Å²) in [6, 6.07) is 1.85. The largest absolute Gasteiger partial charge is 0.369 e. The molecule has 2 heterocycles.